The summed E-state index contributed by atoms with van der Waals surface area (Å²) in [5, 5.41) is 17.9. The molecule has 0 aliphatic carbocycles. The van der Waals surface area contributed by atoms with Crippen LogP contribution in [0.4, 0.5) is 0 Å². The predicted octanol–water partition coefficient (Wildman–Crippen LogP) is 0.370. The summed E-state index contributed by atoms with van der Waals surface area (Å²) >= 11 is 0. The van der Waals surface area contributed by atoms with Crippen LogP contribution >= 0.6 is 0 Å². The number of nitriles is 1. The Labute approximate surface area is 85.1 Å². The Kier molecular flexibility index (Phi) is 3.48. The Balaban J connectivity index is 2.66. The standard InChI is InChI=1S/C10H18N2O2/c1-8(4-11)12-5-9(6-13)14-10(2,3)7-12/h8-9,13H,5-7H2,1-3H3. The topological polar surface area (TPSA) is 56.5 Å². The zero-order valence-corrected chi connectivity index (χ0v) is 9.03. The number of aliphatic hydroxyl groups excluding tert-OH is 1. The minimum absolute atomic E-state index is 0.0120. The summed E-state index contributed by atoms with van der Waals surface area (Å²) < 4.78 is 5.65. The van der Waals surface area contributed by atoms with Gasteiger partial charge in [-0.15, -0.1) is 0 Å². The van der Waals surface area contributed by atoms with Gasteiger partial charge in [-0.2, -0.15) is 5.26 Å². The van der Waals surface area contributed by atoms with Crippen LogP contribution in [0.3, 0.4) is 0 Å². The summed E-state index contributed by atoms with van der Waals surface area (Å²) in [7, 11) is 0. The molecule has 4 heteroatoms. The first-order chi connectivity index (χ1) is 6.48. The molecule has 0 aromatic heterocycles. The van der Waals surface area contributed by atoms with E-state index in [4.69, 9.17) is 15.1 Å². The molecule has 1 N–H and O–H groups in total. The molecule has 14 heavy (non-hydrogen) atoms. The molecule has 0 aromatic rings. The van der Waals surface area contributed by atoms with Gasteiger partial charge in [0.2, 0.25) is 0 Å². The van der Waals surface area contributed by atoms with Crippen molar-refractivity contribution in [2.24, 2.45) is 0 Å². The number of rotatable bonds is 2. The first kappa shape index (κ1) is 11.4. The first-order valence-corrected chi connectivity index (χ1v) is 4.91. The molecular formula is C10H18N2O2. The average Bonchev–Trinajstić information content (AvgIpc) is 2.14. The van der Waals surface area contributed by atoms with Crippen molar-refractivity contribution in [3.8, 4) is 6.07 Å². The van der Waals surface area contributed by atoms with Gasteiger partial charge in [0.1, 0.15) is 0 Å². The quantitative estimate of drug-likeness (QED) is 0.696. The van der Waals surface area contributed by atoms with Crippen LogP contribution in [0.5, 0.6) is 0 Å². The van der Waals surface area contributed by atoms with Crippen LogP contribution < -0.4 is 0 Å². The van der Waals surface area contributed by atoms with Crippen LogP contribution in [0.1, 0.15) is 20.8 Å². The number of hydrogen-bond acceptors (Lipinski definition) is 4. The summed E-state index contributed by atoms with van der Waals surface area (Å²) in [5.74, 6) is 0. The highest BCUT2D eigenvalue weighted by Gasteiger charge is 2.34. The van der Waals surface area contributed by atoms with Gasteiger partial charge < -0.3 is 9.84 Å². The lowest BCUT2D eigenvalue weighted by Crippen LogP contribution is -2.55. The Morgan fingerprint density at radius 1 is 1.71 bits per heavy atom. The van der Waals surface area contributed by atoms with E-state index in [-0.39, 0.29) is 24.4 Å². The molecule has 0 saturated carbocycles. The van der Waals surface area contributed by atoms with Crippen LogP contribution in [0.25, 0.3) is 0 Å². The molecule has 2 unspecified atom stereocenters. The largest absolute Gasteiger partial charge is 0.394 e. The van der Waals surface area contributed by atoms with E-state index < -0.39 is 0 Å². The third kappa shape index (κ3) is 2.68. The Morgan fingerprint density at radius 2 is 2.36 bits per heavy atom. The first-order valence-electron chi connectivity index (χ1n) is 4.91. The van der Waals surface area contributed by atoms with Crippen molar-refractivity contribution in [2.75, 3.05) is 19.7 Å². The van der Waals surface area contributed by atoms with Crippen molar-refractivity contribution in [1.29, 1.82) is 5.26 Å². The summed E-state index contributed by atoms with van der Waals surface area (Å²) in [6, 6.07) is 2.09. The molecule has 2 atom stereocenters. The van der Waals surface area contributed by atoms with Gasteiger partial charge in [0.05, 0.1) is 30.4 Å². The van der Waals surface area contributed by atoms with Gasteiger partial charge >= 0.3 is 0 Å². The highest BCUT2D eigenvalue weighted by atomic mass is 16.5. The van der Waals surface area contributed by atoms with Crippen molar-refractivity contribution in [3.05, 3.63) is 0 Å². The molecule has 1 aliphatic heterocycles. The maximum Gasteiger partial charge on any atom is 0.0951 e. The average molecular weight is 198 g/mol. The maximum absolute atomic E-state index is 9.06. The van der Waals surface area contributed by atoms with Gasteiger partial charge in [-0.3, -0.25) is 4.90 Å². The van der Waals surface area contributed by atoms with Crippen molar-refractivity contribution in [2.45, 2.75) is 38.5 Å². The van der Waals surface area contributed by atoms with E-state index in [0.29, 0.717) is 6.54 Å². The van der Waals surface area contributed by atoms with Gasteiger partial charge in [-0.05, 0) is 20.8 Å². The van der Waals surface area contributed by atoms with E-state index in [1.54, 1.807) is 0 Å². The van der Waals surface area contributed by atoms with Crippen LogP contribution in [0.2, 0.25) is 0 Å². The minimum Gasteiger partial charge on any atom is -0.394 e. The molecule has 80 valence electrons. The summed E-state index contributed by atoms with van der Waals surface area (Å²) in [4.78, 5) is 2.05. The highest BCUT2D eigenvalue weighted by Crippen LogP contribution is 2.22. The van der Waals surface area contributed by atoms with Crippen LogP contribution in [-0.2, 0) is 4.74 Å². The molecule has 0 bridgehead atoms. The van der Waals surface area contributed by atoms with E-state index in [0.717, 1.165) is 6.54 Å². The highest BCUT2D eigenvalue weighted by molar-refractivity contribution is 4.94. The smallest absolute Gasteiger partial charge is 0.0951 e. The predicted molar refractivity (Wildman–Crippen MR) is 52.7 cm³/mol. The number of ether oxygens (including phenoxy) is 1. The normalized spacial score (nSPS) is 29.5. The van der Waals surface area contributed by atoms with Crippen LogP contribution in [0, 0.1) is 11.3 Å². The minimum atomic E-state index is -0.281. The molecule has 0 radical (unpaired) electrons. The second-order valence-electron chi connectivity index (χ2n) is 4.42. The monoisotopic (exact) mass is 198 g/mol. The molecule has 1 heterocycles. The zero-order valence-electron chi connectivity index (χ0n) is 9.03. The Morgan fingerprint density at radius 3 is 2.86 bits per heavy atom. The Hall–Kier alpha value is -0.630. The van der Waals surface area contributed by atoms with Crippen LogP contribution in [-0.4, -0.2) is 47.4 Å². The SMILES string of the molecule is CC(C#N)N1CC(CO)OC(C)(C)C1. The lowest BCUT2D eigenvalue weighted by atomic mass is 10.0. The summed E-state index contributed by atoms with van der Waals surface area (Å²) in [6.45, 7) is 7.21. The summed E-state index contributed by atoms with van der Waals surface area (Å²) in [6.07, 6.45) is -0.172. The zero-order chi connectivity index (χ0) is 10.8. The maximum atomic E-state index is 9.06. The van der Waals surface area contributed by atoms with E-state index in [1.807, 2.05) is 25.7 Å². The molecular weight excluding hydrogens is 180 g/mol. The third-order valence-electron chi connectivity index (χ3n) is 2.45. The number of nitrogens with zero attached hydrogens (tertiary/aromatic N) is 2. The molecule has 4 nitrogen and oxygen atoms in total. The van der Waals surface area contributed by atoms with Gasteiger partial charge in [0.15, 0.2) is 0 Å². The van der Waals surface area contributed by atoms with Gasteiger partial charge in [0.25, 0.3) is 0 Å². The van der Waals surface area contributed by atoms with Gasteiger partial charge in [-0.1, -0.05) is 0 Å². The fourth-order valence-electron chi connectivity index (χ4n) is 1.81. The third-order valence-corrected chi connectivity index (χ3v) is 2.45. The molecule has 0 spiro atoms. The van der Waals surface area contributed by atoms with E-state index in [2.05, 4.69) is 6.07 Å². The lowest BCUT2D eigenvalue weighted by Gasteiger charge is -2.43. The van der Waals surface area contributed by atoms with Crippen molar-refractivity contribution < 1.29 is 9.84 Å². The van der Waals surface area contributed by atoms with E-state index in [1.165, 1.54) is 0 Å². The second-order valence-corrected chi connectivity index (χ2v) is 4.42. The van der Waals surface area contributed by atoms with Crippen molar-refractivity contribution >= 4 is 0 Å². The second kappa shape index (κ2) is 4.26. The number of hydrogen-bond donors (Lipinski definition) is 1. The molecule has 0 amide bonds. The van der Waals surface area contributed by atoms with E-state index >= 15 is 0 Å². The fraction of sp³-hybridized carbons (Fsp3) is 0.900. The molecule has 1 saturated heterocycles. The Bertz CT molecular complexity index is 235. The number of aliphatic hydroxyl groups is 1. The van der Waals surface area contributed by atoms with Gasteiger partial charge in [0, 0.05) is 13.1 Å². The summed E-state index contributed by atoms with van der Waals surface area (Å²) in [5.41, 5.74) is -0.281. The molecule has 1 rings (SSSR count). The lowest BCUT2D eigenvalue weighted by molar-refractivity contribution is -0.152. The van der Waals surface area contributed by atoms with E-state index in [9.17, 15) is 0 Å². The molecule has 0 aromatic carbocycles. The van der Waals surface area contributed by atoms with Crippen molar-refractivity contribution in [3.63, 3.8) is 0 Å². The fourth-order valence-corrected chi connectivity index (χ4v) is 1.81. The van der Waals surface area contributed by atoms with Gasteiger partial charge in [-0.25, -0.2) is 0 Å². The molecule has 1 fully saturated rings. The number of morpholine rings is 1. The van der Waals surface area contributed by atoms with Crippen molar-refractivity contribution in [1.82, 2.24) is 4.90 Å². The van der Waals surface area contributed by atoms with Crippen LogP contribution in [0.15, 0.2) is 0 Å². The molecule has 1 aliphatic rings.